The van der Waals surface area contributed by atoms with Crippen molar-refractivity contribution < 1.29 is 24.2 Å². The van der Waals surface area contributed by atoms with Crippen LogP contribution in [0.15, 0.2) is 79.9 Å². The van der Waals surface area contributed by atoms with E-state index in [1.807, 2.05) is 68.4 Å². The van der Waals surface area contributed by atoms with Crippen LogP contribution in [0.1, 0.15) is 49.8 Å². The van der Waals surface area contributed by atoms with Crippen LogP contribution in [-0.2, 0) is 38.5 Å². The molecule has 0 saturated heterocycles. The van der Waals surface area contributed by atoms with E-state index in [-0.39, 0.29) is 55.3 Å². The van der Waals surface area contributed by atoms with Gasteiger partial charge in [0, 0.05) is 13.0 Å². The summed E-state index contributed by atoms with van der Waals surface area (Å²) in [5.74, 6) is -1.78. The van der Waals surface area contributed by atoms with Crippen LogP contribution < -0.4 is 5.32 Å². The Hall–Kier alpha value is -3.71. The maximum Gasteiger partial charge on any atom is 0.309 e. The predicted molar refractivity (Wildman–Crippen MR) is 161 cm³/mol. The first-order valence-corrected chi connectivity index (χ1v) is 14.5. The number of aliphatic hydroxyl groups excluding tert-OH is 1. The minimum absolute atomic E-state index is 0.000389. The molecule has 0 aliphatic carbocycles. The minimum atomic E-state index is -0.625. The fourth-order valence-electron chi connectivity index (χ4n) is 5.21. The lowest BCUT2D eigenvalue weighted by molar-refractivity contribution is -0.150. The third kappa shape index (κ3) is 9.15. The van der Waals surface area contributed by atoms with Gasteiger partial charge >= 0.3 is 5.97 Å². The molecule has 7 heteroatoms. The van der Waals surface area contributed by atoms with Gasteiger partial charge in [0.2, 0.25) is 11.8 Å². The van der Waals surface area contributed by atoms with Crippen LogP contribution in [0, 0.1) is 17.8 Å². The van der Waals surface area contributed by atoms with E-state index in [1.165, 1.54) is 0 Å². The van der Waals surface area contributed by atoms with Crippen LogP contribution >= 0.6 is 0 Å². The lowest BCUT2D eigenvalue weighted by atomic mass is 9.92. The highest BCUT2D eigenvalue weighted by Gasteiger charge is 2.33. The molecule has 0 radical (unpaired) electrons. The van der Waals surface area contributed by atoms with Gasteiger partial charge in [-0.05, 0) is 48.3 Å². The molecular weight excluding hydrogens is 516 g/mol. The summed E-state index contributed by atoms with van der Waals surface area (Å²) in [6.07, 6.45) is 5.30. The van der Waals surface area contributed by atoms with Crippen molar-refractivity contribution in [3.8, 4) is 0 Å². The van der Waals surface area contributed by atoms with E-state index >= 15 is 0 Å². The highest BCUT2D eigenvalue weighted by molar-refractivity contribution is 5.86. The van der Waals surface area contributed by atoms with Gasteiger partial charge in [-0.3, -0.25) is 14.4 Å². The van der Waals surface area contributed by atoms with Gasteiger partial charge in [-0.1, -0.05) is 80.6 Å². The molecule has 0 saturated carbocycles. The van der Waals surface area contributed by atoms with E-state index in [0.29, 0.717) is 32.2 Å². The number of hydrogen-bond donors (Lipinski definition) is 2. The molecule has 4 atom stereocenters. The fourth-order valence-corrected chi connectivity index (χ4v) is 5.21. The number of aliphatic hydroxyl groups is 1. The van der Waals surface area contributed by atoms with E-state index < -0.39 is 12.0 Å². The Kier molecular flexibility index (Phi) is 12.3. The highest BCUT2D eigenvalue weighted by atomic mass is 16.5. The van der Waals surface area contributed by atoms with E-state index in [4.69, 9.17) is 4.74 Å². The molecule has 0 unspecified atom stereocenters. The second-order valence-electron chi connectivity index (χ2n) is 11.2. The largest absolute Gasteiger partial charge is 0.463 e. The number of ether oxygens (including phenoxy) is 1. The molecule has 220 valence electrons. The number of amides is 2. The Morgan fingerprint density at radius 1 is 1.00 bits per heavy atom. The number of fused-ring (bicyclic) bond motifs is 1. The minimum Gasteiger partial charge on any atom is -0.463 e. The van der Waals surface area contributed by atoms with Crippen LogP contribution in [0.25, 0.3) is 0 Å². The zero-order valence-corrected chi connectivity index (χ0v) is 24.3. The first-order chi connectivity index (χ1) is 19.8. The predicted octanol–water partition coefficient (Wildman–Crippen LogP) is 4.63. The Bertz CT molecular complexity index is 1180. The SMILES string of the molecule is C=CC[C@H](CC(=O)N1Cc2ccccc2C[C@H]1CO)C(=O)N[C@H](COC(=O)[C@H](CC=C)Cc1ccccc1)C(C)C. The van der Waals surface area contributed by atoms with Crippen molar-refractivity contribution >= 4 is 17.8 Å². The molecule has 2 aromatic carbocycles. The van der Waals surface area contributed by atoms with Crippen molar-refractivity contribution in [3.05, 3.63) is 96.6 Å². The number of allylic oxidation sites excluding steroid dienone is 2. The number of rotatable bonds is 15. The molecule has 7 nitrogen and oxygen atoms in total. The lowest BCUT2D eigenvalue weighted by Gasteiger charge is -2.36. The maximum absolute atomic E-state index is 13.4. The zero-order chi connectivity index (χ0) is 29.8. The third-order valence-corrected chi connectivity index (χ3v) is 7.78. The summed E-state index contributed by atoms with van der Waals surface area (Å²) in [6.45, 7) is 11.8. The molecule has 0 bridgehead atoms. The van der Waals surface area contributed by atoms with E-state index in [9.17, 15) is 19.5 Å². The van der Waals surface area contributed by atoms with E-state index in [0.717, 1.165) is 16.7 Å². The maximum atomic E-state index is 13.4. The van der Waals surface area contributed by atoms with Crippen LogP contribution in [0.4, 0.5) is 0 Å². The molecular formula is C34H44N2O5. The van der Waals surface area contributed by atoms with Gasteiger partial charge in [0.25, 0.3) is 0 Å². The van der Waals surface area contributed by atoms with Gasteiger partial charge < -0.3 is 20.1 Å². The Morgan fingerprint density at radius 3 is 2.27 bits per heavy atom. The normalized spacial score (nSPS) is 16.7. The molecule has 0 aromatic heterocycles. The number of nitrogens with zero attached hydrogens (tertiary/aromatic N) is 1. The Balaban J connectivity index is 1.62. The number of benzene rings is 2. The molecule has 41 heavy (non-hydrogen) atoms. The van der Waals surface area contributed by atoms with Gasteiger partial charge in [-0.2, -0.15) is 0 Å². The van der Waals surface area contributed by atoms with Crippen molar-refractivity contribution in [2.75, 3.05) is 13.2 Å². The summed E-state index contributed by atoms with van der Waals surface area (Å²) < 4.78 is 5.71. The molecule has 1 aliphatic rings. The van der Waals surface area contributed by atoms with Crippen molar-refractivity contribution in [1.82, 2.24) is 10.2 Å². The molecule has 2 aromatic rings. The van der Waals surface area contributed by atoms with Gasteiger partial charge in [0.1, 0.15) is 6.61 Å². The molecule has 3 rings (SSSR count). The summed E-state index contributed by atoms with van der Waals surface area (Å²) in [4.78, 5) is 41.5. The molecule has 0 fully saturated rings. The zero-order valence-electron chi connectivity index (χ0n) is 24.3. The van der Waals surface area contributed by atoms with Crippen LogP contribution in [-0.4, -0.2) is 53.1 Å². The smallest absolute Gasteiger partial charge is 0.309 e. The number of esters is 1. The molecule has 0 spiro atoms. The summed E-state index contributed by atoms with van der Waals surface area (Å²) in [6, 6.07) is 16.9. The molecule has 1 aliphatic heterocycles. The van der Waals surface area contributed by atoms with E-state index in [2.05, 4.69) is 18.5 Å². The Labute approximate surface area is 244 Å². The third-order valence-electron chi connectivity index (χ3n) is 7.78. The number of hydrogen-bond acceptors (Lipinski definition) is 5. The monoisotopic (exact) mass is 560 g/mol. The average Bonchev–Trinajstić information content (AvgIpc) is 2.98. The molecule has 2 N–H and O–H groups in total. The molecule has 2 amide bonds. The number of carbonyl (C=O) groups excluding carboxylic acids is 3. The van der Waals surface area contributed by atoms with Crippen LogP contribution in [0.2, 0.25) is 0 Å². The number of nitrogens with one attached hydrogen (secondary N) is 1. The summed E-state index contributed by atoms with van der Waals surface area (Å²) in [5, 5.41) is 13.0. The van der Waals surface area contributed by atoms with Crippen molar-refractivity contribution in [1.29, 1.82) is 0 Å². The van der Waals surface area contributed by atoms with Crippen molar-refractivity contribution in [3.63, 3.8) is 0 Å². The standard InChI is InChI=1S/C34H44N2O5/c1-5-12-27(20-32(38)36-21-29-17-11-10-16-26(29)19-30(36)22-37)33(39)35-31(24(3)4)23-41-34(40)28(13-6-2)18-25-14-8-7-9-15-25/h5-11,14-17,24,27-28,30-31,37H,1-2,12-13,18-23H2,3-4H3,(H,35,39)/t27-,28-,30+,31-/m1/s1. The number of carbonyl (C=O) groups is 3. The highest BCUT2D eigenvalue weighted by Crippen LogP contribution is 2.25. The van der Waals surface area contributed by atoms with Crippen LogP contribution in [0.5, 0.6) is 0 Å². The molecule has 1 heterocycles. The van der Waals surface area contributed by atoms with Gasteiger partial charge in [0.05, 0.1) is 30.5 Å². The van der Waals surface area contributed by atoms with E-state index in [1.54, 1.807) is 17.1 Å². The van der Waals surface area contributed by atoms with Gasteiger partial charge in [0.15, 0.2) is 0 Å². The Morgan fingerprint density at radius 2 is 1.63 bits per heavy atom. The van der Waals surface area contributed by atoms with Crippen molar-refractivity contribution in [2.24, 2.45) is 17.8 Å². The van der Waals surface area contributed by atoms with Crippen molar-refractivity contribution in [2.45, 2.75) is 64.6 Å². The quantitative estimate of drug-likeness (QED) is 0.245. The second kappa shape index (κ2) is 15.9. The second-order valence-corrected chi connectivity index (χ2v) is 11.2. The fraction of sp³-hybridized carbons (Fsp3) is 0.441. The van der Waals surface area contributed by atoms with Gasteiger partial charge in [-0.25, -0.2) is 0 Å². The van der Waals surface area contributed by atoms with Crippen LogP contribution in [0.3, 0.4) is 0 Å². The van der Waals surface area contributed by atoms with Gasteiger partial charge in [-0.15, -0.1) is 13.2 Å². The summed E-state index contributed by atoms with van der Waals surface area (Å²) in [5.41, 5.74) is 3.23. The summed E-state index contributed by atoms with van der Waals surface area (Å²) >= 11 is 0. The summed E-state index contributed by atoms with van der Waals surface area (Å²) in [7, 11) is 0. The first-order valence-electron chi connectivity index (χ1n) is 14.5. The lowest BCUT2D eigenvalue weighted by Crippen LogP contribution is -2.49. The average molecular weight is 561 g/mol. The first kappa shape index (κ1) is 31.8. The topological polar surface area (TPSA) is 95.9 Å².